The van der Waals surface area contributed by atoms with Crippen molar-refractivity contribution in [2.45, 2.75) is 44.2 Å². The van der Waals surface area contributed by atoms with Crippen LogP contribution in [0.25, 0.3) is 0 Å². The monoisotopic (exact) mass is 484 g/mol. The molecule has 0 bridgehead atoms. The van der Waals surface area contributed by atoms with E-state index in [9.17, 15) is 8.42 Å². The van der Waals surface area contributed by atoms with Crippen molar-refractivity contribution in [2.75, 3.05) is 33.9 Å². The Bertz CT molecular complexity index is 981. The zero-order valence-electron chi connectivity index (χ0n) is 19.1. The van der Waals surface area contributed by atoms with Crippen LogP contribution in [0.1, 0.15) is 31.4 Å². The van der Waals surface area contributed by atoms with Crippen molar-refractivity contribution in [3.63, 3.8) is 0 Å². The van der Waals surface area contributed by atoms with E-state index in [4.69, 9.17) is 14.2 Å². The third kappa shape index (κ3) is 6.75. The fraction of sp³-hybridized carbons (Fsp3) is 0.478. The number of fused-ring (bicyclic) bond motifs is 1. The number of nitrogens with zero attached hydrogens (tertiary/aromatic N) is 1. The van der Waals surface area contributed by atoms with Gasteiger partial charge in [0.25, 0.3) is 0 Å². The van der Waals surface area contributed by atoms with Crippen molar-refractivity contribution in [1.29, 1.82) is 0 Å². The fourth-order valence-electron chi connectivity index (χ4n) is 3.69. The van der Waals surface area contributed by atoms with Gasteiger partial charge in [0, 0.05) is 19.6 Å². The number of methoxy groups -OCH3 is 2. The second-order valence-corrected chi connectivity index (χ2v) is 9.66. The predicted octanol–water partition coefficient (Wildman–Crippen LogP) is 3.64. The van der Waals surface area contributed by atoms with E-state index in [-0.39, 0.29) is 23.4 Å². The largest absolute Gasteiger partial charge is 0.493 e. The number of hydrogen-bond acceptors (Lipinski definition) is 6. The minimum Gasteiger partial charge on any atom is -0.493 e. The van der Waals surface area contributed by atoms with Crippen LogP contribution < -0.4 is 18.9 Å². The van der Waals surface area contributed by atoms with Crippen LogP contribution in [-0.4, -0.2) is 53.3 Å². The Morgan fingerprint density at radius 1 is 1.03 bits per heavy atom. The van der Waals surface area contributed by atoms with Crippen molar-refractivity contribution in [3.05, 3.63) is 47.5 Å². The molecular formula is C23H33ClN2O5S. The summed E-state index contributed by atoms with van der Waals surface area (Å²) in [6, 6.07) is 10.6. The second-order valence-electron chi connectivity index (χ2n) is 7.89. The van der Waals surface area contributed by atoms with E-state index in [1.165, 1.54) is 11.1 Å². The first-order chi connectivity index (χ1) is 14.8. The summed E-state index contributed by atoms with van der Waals surface area (Å²) in [6.07, 6.45) is 1.72. The Morgan fingerprint density at radius 3 is 2.25 bits per heavy atom. The molecule has 9 heteroatoms. The van der Waals surface area contributed by atoms with E-state index in [1.54, 1.807) is 38.5 Å². The second kappa shape index (κ2) is 11.7. The Hall–Kier alpha value is -2.00. The molecule has 2 aromatic rings. The Balaban J connectivity index is 0.00000363. The lowest BCUT2D eigenvalue weighted by molar-refractivity contribution is 0.242. The van der Waals surface area contributed by atoms with Gasteiger partial charge in [-0.2, -0.15) is 0 Å². The van der Waals surface area contributed by atoms with Crippen LogP contribution in [0.5, 0.6) is 17.2 Å². The lowest BCUT2D eigenvalue weighted by Crippen LogP contribution is -2.33. The predicted molar refractivity (Wildman–Crippen MR) is 128 cm³/mol. The van der Waals surface area contributed by atoms with E-state index in [0.717, 1.165) is 44.0 Å². The molecule has 0 amide bonds. The average Bonchev–Trinajstić information content (AvgIpc) is 2.75. The maximum Gasteiger partial charge on any atom is 0.240 e. The first-order valence-electron chi connectivity index (χ1n) is 10.5. The van der Waals surface area contributed by atoms with Crippen molar-refractivity contribution in [1.82, 2.24) is 9.62 Å². The molecule has 0 atom stereocenters. The molecule has 0 radical (unpaired) electrons. The minimum atomic E-state index is -3.53. The first-order valence-corrected chi connectivity index (χ1v) is 12.0. The number of rotatable bonds is 10. The van der Waals surface area contributed by atoms with E-state index in [2.05, 4.69) is 15.7 Å². The molecular weight excluding hydrogens is 452 g/mol. The van der Waals surface area contributed by atoms with Gasteiger partial charge in [0.15, 0.2) is 11.5 Å². The third-order valence-electron chi connectivity index (χ3n) is 5.25. The Kier molecular flexibility index (Phi) is 9.64. The summed E-state index contributed by atoms with van der Waals surface area (Å²) < 4.78 is 44.1. The van der Waals surface area contributed by atoms with Crippen LogP contribution in [0.15, 0.2) is 41.3 Å². The quantitative estimate of drug-likeness (QED) is 0.519. The SMILES string of the molecule is COc1cc2c(cc1OC)CN(CCCNS(=O)(=O)c1ccc(OC(C)C)cc1)CC2.Cl. The summed E-state index contributed by atoms with van der Waals surface area (Å²) in [5.41, 5.74) is 2.51. The molecule has 178 valence electrons. The van der Waals surface area contributed by atoms with E-state index >= 15 is 0 Å². The summed E-state index contributed by atoms with van der Waals surface area (Å²) >= 11 is 0. The van der Waals surface area contributed by atoms with Crippen molar-refractivity contribution >= 4 is 22.4 Å². The molecule has 3 rings (SSSR count). The number of sulfonamides is 1. The zero-order chi connectivity index (χ0) is 22.4. The number of hydrogen-bond donors (Lipinski definition) is 1. The lowest BCUT2D eigenvalue weighted by atomic mass is 9.98. The van der Waals surface area contributed by atoms with E-state index < -0.39 is 10.0 Å². The van der Waals surface area contributed by atoms with Crippen molar-refractivity contribution in [3.8, 4) is 17.2 Å². The topological polar surface area (TPSA) is 77.1 Å². The molecule has 2 aromatic carbocycles. The Morgan fingerprint density at radius 2 is 1.66 bits per heavy atom. The summed E-state index contributed by atoms with van der Waals surface area (Å²) in [4.78, 5) is 2.58. The average molecular weight is 485 g/mol. The normalized spacial score (nSPS) is 13.9. The maximum absolute atomic E-state index is 12.5. The van der Waals surface area contributed by atoms with Gasteiger partial charge in [-0.15, -0.1) is 12.4 Å². The molecule has 1 N–H and O–H groups in total. The van der Waals surface area contributed by atoms with Crippen molar-refractivity contribution < 1.29 is 22.6 Å². The number of ether oxygens (including phenoxy) is 3. The number of halogens is 1. The van der Waals surface area contributed by atoms with Crippen molar-refractivity contribution in [2.24, 2.45) is 0 Å². The van der Waals surface area contributed by atoms with Crippen LogP contribution in [0.2, 0.25) is 0 Å². The highest BCUT2D eigenvalue weighted by molar-refractivity contribution is 7.89. The fourth-order valence-corrected chi connectivity index (χ4v) is 4.77. The van der Waals surface area contributed by atoms with Gasteiger partial charge in [-0.05, 0) is 80.8 Å². The van der Waals surface area contributed by atoms with Gasteiger partial charge < -0.3 is 14.2 Å². The summed E-state index contributed by atoms with van der Waals surface area (Å²) in [5.74, 6) is 2.15. The molecule has 1 heterocycles. The lowest BCUT2D eigenvalue weighted by Gasteiger charge is -2.29. The smallest absolute Gasteiger partial charge is 0.240 e. The van der Waals surface area contributed by atoms with Gasteiger partial charge in [0.2, 0.25) is 10.0 Å². The molecule has 0 saturated heterocycles. The molecule has 0 unspecified atom stereocenters. The number of nitrogens with one attached hydrogen (secondary N) is 1. The molecule has 1 aliphatic rings. The molecule has 0 aliphatic carbocycles. The van der Waals surface area contributed by atoms with E-state index in [1.807, 2.05) is 19.9 Å². The van der Waals surface area contributed by atoms with Crippen LogP contribution in [0.4, 0.5) is 0 Å². The van der Waals surface area contributed by atoms with Gasteiger partial charge in [0.05, 0.1) is 25.2 Å². The van der Waals surface area contributed by atoms with Gasteiger partial charge in [-0.1, -0.05) is 0 Å². The van der Waals surface area contributed by atoms with Gasteiger partial charge in [-0.25, -0.2) is 13.1 Å². The highest BCUT2D eigenvalue weighted by atomic mass is 35.5. The van der Waals surface area contributed by atoms with Gasteiger partial charge >= 0.3 is 0 Å². The van der Waals surface area contributed by atoms with Crippen LogP contribution >= 0.6 is 12.4 Å². The van der Waals surface area contributed by atoms with Gasteiger partial charge in [-0.3, -0.25) is 4.90 Å². The molecule has 0 spiro atoms. The van der Waals surface area contributed by atoms with Gasteiger partial charge in [0.1, 0.15) is 5.75 Å². The standard InChI is InChI=1S/C23H32N2O5S.ClH/c1-17(2)30-20-6-8-21(9-7-20)31(26,27)24-11-5-12-25-13-10-18-14-22(28-3)23(29-4)15-19(18)16-25;/h6-9,14-15,17,24H,5,10-13,16H2,1-4H3;1H. The van der Waals surface area contributed by atoms with Crippen LogP contribution in [-0.2, 0) is 23.0 Å². The molecule has 0 saturated carbocycles. The maximum atomic E-state index is 12.5. The summed E-state index contributed by atoms with van der Waals surface area (Å²) in [7, 11) is -0.241. The van der Waals surface area contributed by atoms with Crippen LogP contribution in [0, 0.1) is 0 Å². The minimum absolute atomic E-state index is 0. The molecule has 0 aromatic heterocycles. The molecule has 32 heavy (non-hydrogen) atoms. The molecule has 7 nitrogen and oxygen atoms in total. The third-order valence-corrected chi connectivity index (χ3v) is 6.72. The zero-order valence-corrected chi connectivity index (χ0v) is 20.7. The highest BCUT2D eigenvalue weighted by Crippen LogP contribution is 2.33. The first kappa shape index (κ1) is 26.3. The Labute approximate surface area is 197 Å². The van der Waals surface area contributed by atoms with E-state index in [0.29, 0.717) is 12.3 Å². The van der Waals surface area contributed by atoms with Crippen LogP contribution in [0.3, 0.4) is 0 Å². The highest BCUT2D eigenvalue weighted by Gasteiger charge is 2.20. The number of benzene rings is 2. The molecule has 1 aliphatic heterocycles. The summed E-state index contributed by atoms with van der Waals surface area (Å²) in [6.45, 7) is 6.83. The molecule has 0 fully saturated rings. The summed E-state index contributed by atoms with van der Waals surface area (Å²) in [5, 5.41) is 0.